The smallest absolute Gasteiger partial charge is 0.355 e. The highest BCUT2D eigenvalue weighted by molar-refractivity contribution is 6.53. The van der Waals surface area contributed by atoms with Gasteiger partial charge in [-0.1, -0.05) is 0 Å². The van der Waals surface area contributed by atoms with Crippen LogP contribution in [0.5, 0.6) is 0 Å². The number of rotatable bonds is 7. The summed E-state index contributed by atoms with van der Waals surface area (Å²) in [5.41, 5.74) is 0. The normalized spacial score (nSPS) is 13.6. The molecule has 0 atom stereocenters. The molecule has 0 aromatic rings. The molecule has 9 heteroatoms. The lowest BCUT2D eigenvalue weighted by Crippen LogP contribution is -2.49. The maximum absolute atomic E-state index is 12.5. The molecule has 0 amide bonds. The minimum absolute atomic E-state index is 1.11. The SMILES string of the molecule is CO[Si](OC)(OC)OCC(F)(F)C(F)F. The third-order valence-corrected chi connectivity index (χ3v) is 3.51. The van der Waals surface area contributed by atoms with Gasteiger partial charge in [-0.05, 0) is 0 Å². The third-order valence-electron chi connectivity index (χ3n) is 1.51. The molecule has 0 N–H and O–H groups in total. The fourth-order valence-corrected chi connectivity index (χ4v) is 1.90. The van der Waals surface area contributed by atoms with Crippen LogP contribution in [0.1, 0.15) is 0 Å². The molecular formula is C6H12F4O4Si. The van der Waals surface area contributed by atoms with Crippen LogP contribution in [-0.2, 0) is 17.7 Å². The minimum atomic E-state index is -4.26. The van der Waals surface area contributed by atoms with Crippen molar-refractivity contribution in [3.05, 3.63) is 0 Å². The molecule has 0 aromatic heterocycles. The predicted octanol–water partition coefficient (Wildman–Crippen LogP) is 1.28. The Hall–Kier alpha value is -0.223. The van der Waals surface area contributed by atoms with E-state index in [-0.39, 0.29) is 0 Å². The van der Waals surface area contributed by atoms with Crippen molar-refractivity contribution < 1.29 is 35.3 Å². The summed E-state index contributed by atoms with van der Waals surface area (Å²) in [6.45, 7) is -1.52. The van der Waals surface area contributed by atoms with Crippen molar-refractivity contribution in [3.8, 4) is 0 Å². The van der Waals surface area contributed by atoms with E-state index in [1.54, 1.807) is 0 Å². The molecule has 0 spiro atoms. The highest BCUT2D eigenvalue weighted by Gasteiger charge is 2.49. The topological polar surface area (TPSA) is 36.9 Å². The molecule has 0 radical (unpaired) electrons. The maximum atomic E-state index is 12.5. The van der Waals surface area contributed by atoms with Crippen LogP contribution >= 0.6 is 0 Å². The Morgan fingerprint density at radius 1 is 1.07 bits per heavy atom. The second-order valence-electron chi connectivity index (χ2n) is 2.46. The van der Waals surface area contributed by atoms with Crippen LogP contribution in [0.2, 0.25) is 0 Å². The first-order valence-electron chi connectivity index (χ1n) is 3.79. The number of halogens is 4. The summed E-state index contributed by atoms with van der Waals surface area (Å²) in [6.07, 6.45) is -3.81. The second-order valence-corrected chi connectivity index (χ2v) is 4.98. The Morgan fingerprint density at radius 2 is 1.47 bits per heavy atom. The standard InChI is InChI=1S/C6H12F4O4Si/c1-11-15(12-2,13-3)14-4-6(9,10)5(7)8/h5H,4H2,1-3H3. The zero-order chi connectivity index (χ0) is 12.1. The van der Waals surface area contributed by atoms with E-state index in [0.717, 1.165) is 21.3 Å². The van der Waals surface area contributed by atoms with E-state index in [4.69, 9.17) is 0 Å². The van der Waals surface area contributed by atoms with Gasteiger partial charge in [0.1, 0.15) is 6.61 Å². The van der Waals surface area contributed by atoms with Crippen molar-refractivity contribution >= 4 is 9.05 Å². The van der Waals surface area contributed by atoms with Crippen molar-refractivity contribution in [1.82, 2.24) is 0 Å². The van der Waals surface area contributed by atoms with E-state index in [2.05, 4.69) is 17.7 Å². The summed E-state index contributed by atoms with van der Waals surface area (Å²) >= 11 is 0. The first-order valence-corrected chi connectivity index (χ1v) is 5.42. The summed E-state index contributed by atoms with van der Waals surface area (Å²) in [6, 6.07) is 0. The molecule has 15 heavy (non-hydrogen) atoms. The summed E-state index contributed by atoms with van der Waals surface area (Å²) < 4.78 is 66.7. The summed E-state index contributed by atoms with van der Waals surface area (Å²) in [4.78, 5) is 0. The molecule has 92 valence electrons. The first kappa shape index (κ1) is 14.8. The molecule has 0 rings (SSSR count). The van der Waals surface area contributed by atoms with Crippen LogP contribution in [0, 0.1) is 0 Å². The maximum Gasteiger partial charge on any atom is 0.679 e. The van der Waals surface area contributed by atoms with Gasteiger partial charge in [0.25, 0.3) is 0 Å². The van der Waals surface area contributed by atoms with Crippen LogP contribution in [0.3, 0.4) is 0 Å². The van der Waals surface area contributed by atoms with Crippen LogP contribution in [0.15, 0.2) is 0 Å². The van der Waals surface area contributed by atoms with Gasteiger partial charge in [-0.2, -0.15) is 8.78 Å². The van der Waals surface area contributed by atoms with E-state index in [1.165, 1.54) is 0 Å². The second kappa shape index (κ2) is 5.75. The fraction of sp³-hybridized carbons (Fsp3) is 1.00. The van der Waals surface area contributed by atoms with Gasteiger partial charge >= 0.3 is 21.4 Å². The lowest BCUT2D eigenvalue weighted by Gasteiger charge is -2.25. The zero-order valence-corrected chi connectivity index (χ0v) is 9.43. The first-order chi connectivity index (χ1) is 6.83. The molecule has 0 bridgehead atoms. The molecular weight excluding hydrogens is 240 g/mol. The molecule has 0 saturated heterocycles. The van der Waals surface area contributed by atoms with Crippen LogP contribution in [0.25, 0.3) is 0 Å². The van der Waals surface area contributed by atoms with Gasteiger partial charge in [-0.3, -0.25) is 0 Å². The van der Waals surface area contributed by atoms with Gasteiger partial charge in [0, 0.05) is 21.3 Å². The minimum Gasteiger partial charge on any atom is -0.355 e. The summed E-state index contributed by atoms with van der Waals surface area (Å²) in [7, 11) is -0.354. The third kappa shape index (κ3) is 4.03. The monoisotopic (exact) mass is 252 g/mol. The molecule has 4 nitrogen and oxygen atoms in total. The molecule has 0 unspecified atom stereocenters. The van der Waals surface area contributed by atoms with Crippen molar-refractivity contribution in [2.45, 2.75) is 12.3 Å². The quantitative estimate of drug-likeness (QED) is 0.505. The highest BCUT2D eigenvalue weighted by atomic mass is 28.4. The van der Waals surface area contributed by atoms with Gasteiger partial charge < -0.3 is 17.7 Å². The van der Waals surface area contributed by atoms with Crippen LogP contribution in [0.4, 0.5) is 17.6 Å². The average molecular weight is 252 g/mol. The molecule has 0 saturated carbocycles. The Balaban J connectivity index is 4.34. The lowest BCUT2D eigenvalue weighted by molar-refractivity contribution is -0.163. The molecule has 0 aliphatic rings. The molecule has 0 aliphatic heterocycles. The predicted molar refractivity (Wildman–Crippen MR) is 43.7 cm³/mol. The van der Waals surface area contributed by atoms with Crippen molar-refractivity contribution in [2.75, 3.05) is 27.9 Å². The largest absolute Gasteiger partial charge is 0.679 e. The number of hydrogen-bond acceptors (Lipinski definition) is 4. The Labute approximate surface area is 85.6 Å². The fourth-order valence-electron chi connectivity index (χ4n) is 0.674. The van der Waals surface area contributed by atoms with E-state index in [0.29, 0.717) is 0 Å². The van der Waals surface area contributed by atoms with Crippen molar-refractivity contribution in [3.63, 3.8) is 0 Å². The molecule has 0 aromatic carbocycles. The zero-order valence-electron chi connectivity index (χ0n) is 8.43. The summed E-state index contributed by atoms with van der Waals surface area (Å²) in [5.74, 6) is -4.26. The lowest BCUT2D eigenvalue weighted by atomic mass is 10.4. The molecule has 0 aliphatic carbocycles. The van der Waals surface area contributed by atoms with Crippen LogP contribution < -0.4 is 0 Å². The summed E-state index contributed by atoms with van der Waals surface area (Å²) in [5, 5.41) is 0. The Kier molecular flexibility index (Phi) is 5.66. The van der Waals surface area contributed by atoms with Gasteiger partial charge in [0.2, 0.25) is 0 Å². The van der Waals surface area contributed by atoms with E-state index >= 15 is 0 Å². The van der Waals surface area contributed by atoms with Crippen LogP contribution in [-0.4, -0.2) is 49.3 Å². The van der Waals surface area contributed by atoms with Crippen molar-refractivity contribution in [1.29, 1.82) is 0 Å². The average Bonchev–Trinajstić information content (AvgIpc) is 2.20. The van der Waals surface area contributed by atoms with Crippen molar-refractivity contribution in [2.24, 2.45) is 0 Å². The van der Waals surface area contributed by atoms with Gasteiger partial charge in [-0.15, -0.1) is 0 Å². The Bertz CT molecular complexity index is 180. The van der Waals surface area contributed by atoms with Gasteiger partial charge in [0.05, 0.1) is 0 Å². The van der Waals surface area contributed by atoms with Gasteiger partial charge in [0.15, 0.2) is 0 Å². The Morgan fingerprint density at radius 3 is 1.73 bits per heavy atom. The van der Waals surface area contributed by atoms with Gasteiger partial charge in [-0.25, -0.2) is 8.78 Å². The highest BCUT2D eigenvalue weighted by Crippen LogP contribution is 2.24. The van der Waals surface area contributed by atoms with E-state index in [9.17, 15) is 17.6 Å². The number of hydrogen-bond donors (Lipinski definition) is 0. The van der Waals surface area contributed by atoms with E-state index < -0.39 is 28.0 Å². The van der Waals surface area contributed by atoms with E-state index in [1.807, 2.05) is 0 Å². The number of alkyl halides is 4. The molecule has 0 heterocycles. The molecule has 0 fully saturated rings.